The van der Waals surface area contributed by atoms with Crippen molar-refractivity contribution < 1.29 is 9.53 Å². The van der Waals surface area contributed by atoms with E-state index in [0.29, 0.717) is 5.75 Å². The standard InChI is InChI=1S/C15H24N2O2/c1-9(2)17-15(18)12(5)19-14-7-6-10(3)8-13(14)11(4)16/h6-9,11-12H,16H2,1-5H3,(H,17,18)/t11-,12?/m0/s1. The van der Waals surface area contributed by atoms with E-state index in [-0.39, 0.29) is 18.0 Å². The van der Waals surface area contributed by atoms with Gasteiger partial charge in [0.1, 0.15) is 5.75 Å². The van der Waals surface area contributed by atoms with Gasteiger partial charge in [-0.3, -0.25) is 4.79 Å². The second-order valence-corrected chi connectivity index (χ2v) is 5.25. The van der Waals surface area contributed by atoms with Crippen LogP contribution in [0.3, 0.4) is 0 Å². The normalized spacial score (nSPS) is 14.1. The molecule has 0 radical (unpaired) electrons. The number of carbonyl (C=O) groups is 1. The number of nitrogens with one attached hydrogen (secondary N) is 1. The number of carbonyl (C=O) groups excluding carboxylic acids is 1. The van der Waals surface area contributed by atoms with Gasteiger partial charge in [0, 0.05) is 17.6 Å². The number of rotatable bonds is 5. The van der Waals surface area contributed by atoms with Gasteiger partial charge in [0.2, 0.25) is 0 Å². The summed E-state index contributed by atoms with van der Waals surface area (Å²) in [4.78, 5) is 11.8. The van der Waals surface area contributed by atoms with Crippen molar-refractivity contribution in [2.75, 3.05) is 0 Å². The predicted molar refractivity (Wildman–Crippen MR) is 77.2 cm³/mol. The van der Waals surface area contributed by atoms with Gasteiger partial charge in [0.15, 0.2) is 6.10 Å². The molecule has 0 aromatic heterocycles. The highest BCUT2D eigenvalue weighted by molar-refractivity contribution is 5.80. The Kier molecular flexibility index (Phi) is 5.36. The van der Waals surface area contributed by atoms with Crippen molar-refractivity contribution in [3.63, 3.8) is 0 Å². The summed E-state index contributed by atoms with van der Waals surface area (Å²) in [5.41, 5.74) is 7.98. The molecule has 0 aliphatic carbocycles. The molecule has 1 aromatic carbocycles. The summed E-state index contributed by atoms with van der Waals surface area (Å²) in [6.07, 6.45) is -0.539. The molecular weight excluding hydrogens is 240 g/mol. The van der Waals surface area contributed by atoms with Gasteiger partial charge in [0.05, 0.1) is 0 Å². The van der Waals surface area contributed by atoms with E-state index < -0.39 is 6.10 Å². The maximum atomic E-state index is 11.8. The Morgan fingerprint density at radius 3 is 2.42 bits per heavy atom. The van der Waals surface area contributed by atoms with E-state index >= 15 is 0 Å². The molecule has 0 aliphatic heterocycles. The second kappa shape index (κ2) is 6.57. The summed E-state index contributed by atoms with van der Waals surface area (Å²) in [7, 11) is 0. The first-order chi connectivity index (χ1) is 8.81. The molecule has 106 valence electrons. The summed E-state index contributed by atoms with van der Waals surface area (Å²) in [6, 6.07) is 5.79. The van der Waals surface area contributed by atoms with Crippen LogP contribution in [0.15, 0.2) is 18.2 Å². The van der Waals surface area contributed by atoms with E-state index in [0.717, 1.165) is 11.1 Å². The van der Waals surface area contributed by atoms with Crippen molar-refractivity contribution >= 4 is 5.91 Å². The molecule has 19 heavy (non-hydrogen) atoms. The molecule has 0 heterocycles. The van der Waals surface area contributed by atoms with Gasteiger partial charge >= 0.3 is 0 Å². The number of hydrogen-bond acceptors (Lipinski definition) is 3. The summed E-state index contributed by atoms with van der Waals surface area (Å²) < 4.78 is 5.73. The molecule has 4 heteroatoms. The smallest absolute Gasteiger partial charge is 0.260 e. The minimum Gasteiger partial charge on any atom is -0.481 e. The third-order valence-electron chi connectivity index (χ3n) is 2.76. The van der Waals surface area contributed by atoms with E-state index in [9.17, 15) is 4.79 Å². The maximum Gasteiger partial charge on any atom is 0.260 e. The summed E-state index contributed by atoms with van der Waals surface area (Å²) in [5.74, 6) is 0.554. The van der Waals surface area contributed by atoms with Gasteiger partial charge in [-0.2, -0.15) is 0 Å². The summed E-state index contributed by atoms with van der Waals surface area (Å²) >= 11 is 0. The van der Waals surface area contributed by atoms with Gasteiger partial charge < -0.3 is 15.8 Å². The van der Waals surface area contributed by atoms with E-state index in [2.05, 4.69) is 5.32 Å². The Bertz CT molecular complexity index is 442. The van der Waals surface area contributed by atoms with Crippen molar-refractivity contribution in [1.29, 1.82) is 0 Å². The fourth-order valence-electron chi connectivity index (χ4n) is 1.78. The molecule has 0 saturated carbocycles. The van der Waals surface area contributed by atoms with Gasteiger partial charge in [-0.15, -0.1) is 0 Å². The minimum atomic E-state index is -0.539. The van der Waals surface area contributed by atoms with Crippen LogP contribution >= 0.6 is 0 Å². The lowest BCUT2D eigenvalue weighted by atomic mass is 10.1. The Morgan fingerprint density at radius 1 is 1.26 bits per heavy atom. The molecule has 1 rings (SSSR count). The first-order valence-corrected chi connectivity index (χ1v) is 6.64. The number of benzene rings is 1. The Morgan fingerprint density at radius 2 is 1.89 bits per heavy atom. The fourth-order valence-corrected chi connectivity index (χ4v) is 1.78. The molecule has 4 nitrogen and oxygen atoms in total. The van der Waals surface area contributed by atoms with Gasteiger partial charge in [-0.25, -0.2) is 0 Å². The Balaban J connectivity index is 2.84. The number of amides is 1. The molecule has 0 saturated heterocycles. The van der Waals surface area contributed by atoms with Gasteiger partial charge in [-0.1, -0.05) is 17.7 Å². The largest absolute Gasteiger partial charge is 0.481 e. The molecule has 1 aromatic rings. The third-order valence-corrected chi connectivity index (χ3v) is 2.76. The van der Waals surface area contributed by atoms with Crippen LogP contribution in [-0.2, 0) is 4.79 Å². The lowest BCUT2D eigenvalue weighted by Crippen LogP contribution is -2.40. The zero-order valence-corrected chi connectivity index (χ0v) is 12.4. The number of hydrogen-bond donors (Lipinski definition) is 2. The topological polar surface area (TPSA) is 64.3 Å². The first kappa shape index (κ1) is 15.5. The second-order valence-electron chi connectivity index (χ2n) is 5.25. The number of aryl methyl sites for hydroxylation is 1. The molecule has 3 N–H and O–H groups in total. The Hall–Kier alpha value is -1.55. The molecule has 0 spiro atoms. The molecule has 1 amide bonds. The monoisotopic (exact) mass is 264 g/mol. The van der Waals surface area contributed by atoms with Crippen LogP contribution < -0.4 is 15.8 Å². The molecule has 0 bridgehead atoms. The van der Waals surface area contributed by atoms with Crippen molar-refractivity contribution in [3.8, 4) is 5.75 Å². The van der Waals surface area contributed by atoms with E-state index in [1.807, 2.05) is 45.9 Å². The van der Waals surface area contributed by atoms with Crippen LogP contribution in [-0.4, -0.2) is 18.1 Å². The number of ether oxygens (including phenoxy) is 1. The molecule has 2 atom stereocenters. The first-order valence-electron chi connectivity index (χ1n) is 6.64. The van der Waals surface area contributed by atoms with Crippen molar-refractivity contribution in [2.45, 2.75) is 52.8 Å². The maximum absolute atomic E-state index is 11.8. The lowest BCUT2D eigenvalue weighted by molar-refractivity contribution is -0.127. The van der Waals surface area contributed by atoms with E-state index in [1.165, 1.54) is 0 Å². The van der Waals surface area contributed by atoms with E-state index in [1.54, 1.807) is 6.92 Å². The highest BCUT2D eigenvalue weighted by Gasteiger charge is 2.18. The van der Waals surface area contributed by atoms with Crippen molar-refractivity contribution in [2.24, 2.45) is 5.73 Å². The van der Waals surface area contributed by atoms with Crippen LogP contribution in [0, 0.1) is 6.92 Å². The Labute approximate surface area is 115 Å². The molecular formula is C15H24N2O2. The van der Waals surface area contributed by atoms with Crippen LogP contribution in [0.25, 0.3) is 0 Å². The van der Waals surface area contributed by atoms with Crippen LogP contribution in [0.2, 0.25) is 0 Å². The molecule has 0 aliphatic rings. The predicted octanol–water partition coefficient (Wildman–Crippen LogP) is 2.31. The average Bonchev–Trinajstić information content (AvgIpc) is 2.30. The minimum absolute atomic E-state index is 0.101. The molecule has 1 unspecified atom stereocenters. The quantitative estimate of drug-likeness (QED) is 0.857. The van der Waals surface area contributed by atoms with E-state index in [4.69, 9.17) is 10.5 Å². The molecule has 0 fully saturated rings. The highest BCUT2D eigenvalue weighted by Crippen LogP contribution is 2.26. The van der Waals surface area contributed by atoms with Crippen molar-refractivity contribution in [1.82, 2.24) is 5.32 Å². The lowest BCUT2D eigenvalue weighted by Gasteiger charge is -2.20. The summed E-state index contributed by atoms with van der Waals surface area (Å²) in [5, 5.41) is 2.83. The summed E-state index contributed by atoms with van der Waals surface area (Å²) in [6.45, 7) is 9.49. The van der Waals surface area contributed by atoms with Gasteiger partial charge in [-0.05, 0) is 40.7 Å². The highest BCUT2D eigenvalue weighted by atomic mass is 16.5. The fraction of sp³-hybridized carbons (Fsp3) is 0.533. The number of nitrogens with two attached hydrogens (primary N) is 1. The zero-order valence-electron chi connectivity index (χ0n) is 12.4. The third kappa shape index (κ3) is 4.56. The van der Waals surface area contributed by atoms with Crippen molar-refractivity contribution in [3.05, 3.63) is 29.3 Å². The average molecular weight is 264 g/mol. The SMILES string of the molecule is Cc1ccc(OC(C)C(=O)NC(C)C)c([C@H](C)N)c1. The van der Waals surface area contributed by atoms with Crippen LogP contribution in [0.5, 0.6) is 5.75 Å². The van der Waals surface area contributed by atoms with Crippen LogP contribution in [0.1, 0.15) is 44.9 Å². The van der Waals surface area contributed by atoms with Gasteiger partial charge in [0.25, 0.3) is 5.91 Å². The van der Waals surface area contributed by atoms with Crippen LogP contribution in [0.4, 0.5) is 0 Å². The zero-order chi connectivity index (χ0) is 14.6.